The largest absolute Gasteiger partial charge is 0.366 e. The Bertz CT molecular complexity index is 1390. The van der Waals surface area contributed by atoms with Gasteiger partial charge < -0.3 is 4.90 Å². The molecule has 1 aliphatic heterocycles. The first kappa shape index (κ1) is 29.9. The first-order chi connectivity index (χ1) is 18.0. The number of hydrogen-bond donors (Lipinski definition) is 0. The molecule has 0 radical (unpaired) electrons. The maximum absolute atomic E-state index is 13.9. The Hall–Kier alpha value is -2.61. The van der Waals surface area contributed by atoms with Gasteiger partial charge >= 0.3 is 0 Å². The molecule has 1 saturated heterocycles. The number of halogens is 1. The minimum Gasteiger partial charge on any atom is -0.366 e. The number of anilines is 1. The number of piperazine rings is 1. The molecule has 206 valence electrons. The van der Waals surface area contributed by atoms with Gasteiger partial charge in [0.15, 0.2) is 0 Å². The highest BCUT2D eigenvalue weighted by atomic mass is 79.9. The molecule has 1 aromatic carbocycles. The second kappa shape index (κ2) is 13.0. The number of nitrogens with zero attached hydrogens (tertiary/aromatic N) is 5. The summed E-state index contributed by atoms with van der Waals surface area (Å²) >= 11 is 3.32. The van der Waals surface area contributed by atoms with Gasteiger partial charge in [0.05, 0.1) is 29.0 Å². The van der Waals surface area contributed by atoms with Crippen molar-refractivity contribution in [3.05, 3.63) is 57.9 Å². The molecule has 1 aromatic heterocycles. The van der Waals surface area contributed by atoms with E-state index in [-0.39, 0.29) is 48.9 Å². The highest BCUT2D eigenvalue weighted by Gasteiger charge is 2.34. The Balaban J connectivity index is 1.96. The van der Waals surface area contributed by atoms with Crippen LogP contribution in [0, 0.1) is 22.5 Å². The fraction of sp³-hybridized carbons (Fsp3) is 0.435. The second-order valence-corrected chi connectivity index (χ2v) is 12.8. The summed E-state index contributed by atoms with van der Waals surface area (Å²) in [6.07, 6.45) is 10.0. The lowest BCUT2D eigenvalue weighted by molar-refractivity contribution is -0.385. The Morgan fingerprint density at radius 3 is 2.47 bits per heavy atom. The number of sulfonamides is 1. The van der Waals surface area contributed by atoms with Gasteiger partial charge in [0.2, 0.25) is 10.0 Å². The Labute approximate surface area is 231 Å². The van der Waals surface area contributed by atoms with Crippen molar-refractivity contribution in [1.82, 2.24) is 14.2 Å². The van der Waals surface area contributed by atoms with E-state index in [4.69, 9.17) is 10.6 Å². The van der Waals surface area contributed by atoms with Crippen LogP contribution in [0.2, 0.25) is 0 Å². The predicted octanol–water partition coefficient (Wildman–Crippen LogP) is 1.66. The maximum atomic E-state index is 13.9. The summed E-state index contributed by atoms with van der Waals surface area (Å²) < 4.78 is 56.8. The molecule has 0 aliphatic carbocycles. The van der Waals surface area contributed by atoms with Crippen LogP contribution in [-0.2, 0) is 30.9 Å². The Morgan fingerprint density at radius 2 is 1.92 bits per heavy atom. The van der Waals surface area contributed by atoms with E-state index in [0.717, 1.165) is 24.0 Å². The van der Waals surface area contributed by atoms with Gasteiger partial charge in [0.25, 0.3) is 15.8 Å². The molecule has 0 N–H and O–H groups in total. The molecule has 38 heavy (non-hydrogen) atoms. The number of nitro benzene ring substituents is 1. The lowest BCUT2D eigenvalue weighted by Crippen LogP contribution is -2.48. The zero-order valence-corrected chi connectivity index (χ0v) is 23.9. The van der Waals surface area contributed by atoms with Crippen LogP contribution in [0.3, 0.4) is 0 Å². The summed E-state index contributed by atoms with van der Waals surface area (Å²) in [4.78, 5) is 18.4. The third-order valence-electron chi connectivity index (χ3n) is 5.83. The summed E-state index contributed by atoms with van der Waals surface area (Å²) in [5.41, 5.74) is 0.646. The molecule has 2 heterocycles. The molecule has 2 aromatic rings. The molecule has 0 bridgehead atoms. The van der Waals surface area contributed by atoms with Crippen LogP contribution in [0.15, 0.2) is 41.6 Å². The molecular weight excluding hydrogens is 602 g/mol. The summed E-state index contributed by atoms with van der Waals surface area (Å²) in [6, 6.07) is 5.92. The average Bonchev–Trinajstić information content (AvgIpc) is 2.87. The van der Waals surface area contributed by atoms with Gasteiger partial charge in [-0.3, -0.25) is 24.2 Å². The van der Waals surface area contributed by atoms with E-state index in [1.165, 1.54) is 4.31 Å². The number of aromatic nitrogens is 1. The van der Waals surface area contributed by atoms with Crippen LogP contribution in [0.1, 0.15) is 11.1 Å². The molecular formula is C23H28BrN5O7S2. The van der Waals surface area contributed by atoms with E-state index < -0.39 is 30.8 Å². The van der Waals surface area contributed by atoms with Gasteiger partial charge in [-0.2, -0.15) is 12.7 Å². The fourth-order valence-electron chi connectivity index (χ4n) is 4.08. The average molecular weight is 631 g/mol. The number of pyridine rings is 1. The van der Waals surface area contributed by atoms with E-state index >= 15 is 0 Å². The van der Waals surface area contributed by atoms with Gasteiger partial charge in [-0.05, 0) is 11.6 Å². The zero-order valence-electron chi connectivity index (χ0n) is 20.7. The number of nitro groups is 1. The van der Waals surface area contributed by atoms with Crippen LogP contribution in [0.5, 0.6) is 0 Å². The van der Waals surface area contributed by atoms with E-state index in [9.17, 15) is 26.9 Å². The quantitative estimate of drug-likeness (QED) is 0.112. The molecule has 3 rings (SSSR count). The van der Waals surface area contributed by atoms with E-state index in [1.54, 1.807) is 17.3 Å². The van der Waals surface area contributed by atoms with Gasteiger partial charge in [0, 0.05) is 75.7 Å². The molecule has 0 spiro atoms. The monoisotopic (exact) mass is 629 g/mol. The van der Waals surface area contributed by atoms with Crippen LogP contribution in [0.4, 0.5) is 11.4 Å². The molecule has 0 atom stereocenters. The smallest absolute Gasteiger partial charge is 0.272 e. The van der Waals surface area contributed by atoms with Gasteiger partial charge in [0.1, 0.15) is 4.90 Å². The fourth-order valence-corrected chi connectivity index (χ4v) is 6.57. The maximum Gasteiger partial charge on any atom is 0.272 e. The third kappa shape index (κ3) is 7.71. The van der Waals surface area contributed by atoms with Gasteiger partial charge in [-0.25, -0.2) is 8.42 Å². The van der Waals surface area contributed by atoms with E-state index in [1.807, 2.05) is 12.1 Å². The first-order valence-electron chi connectivity index (χ1n) is 11.5. The number of alkyl halides is 1. The van der Waals surface area contributed by atoms with Crippen LogP contribution in [0.25, 0.3) is 0 Å². The minimum absolute atomic E-state index is 0.00768. The van der Waals surface area contributed by atoms with Crippen molar-refractivity contribution in [3.63, 3.8) is 0 Å². The lowest BCUT2D eigenvalue weighted by Gasteiger charge is -2.35. The van der Waals surface area contributed by atoms with Gasteiger partial charge in [-0.15, -0.1) is 6.42 Å². The molecule has 1 aliphatic rings. The van der Waals surface area contributed by atoms with Crippen molar-refractivity contribution in [2.75, 3.05) is 62.4 Å². The molecule has 0 saturated carbocycles. The summed E-state index contributed by atoms with van der Waals surface area (Å²) in [5, 5.41) is 12.0. The van der Waals surface area contributed by atoms with Crippen molar-refractivity contribution < 1.29 is 25.9 Å². The van der Waals surface area contributed by atoms with Crippen molar-refractivity contribution in [3.8, 4) is 12.3 Å². The lowest BCUT2D eigenvalue weighted by atomic mass is 10.1. The van der Waals surface area contributed by atoms with Crippen LogP contribution < -0.4 is 4.90 Å². The number of benzene rings is 1. The Kier molecular flexibility index (Phi) is 10.2. The number of terminal acetylenes is 1. The molecule has 0 unspecified atom stereocenters. The van der Waals surface area contributed by atoms with E-state index in [2.05, 4.69) is 31.7 Å². The molecule has 1 fully saturated rings. The summed E-state index contributed by atoms with van der Waals surface area (Å²) in [5.74, 6) is 2.37. The molecule has 15 heteroatoms. The predicted molar refractivity (Wildman–Crippen MR) is 146 cm³/mol. The molecule has 0 amide bonds. The number of hydrogen-bond acceptors (Lipinski definition) is 10. The topological polar surface area (TPSA) is 143 Å². The van der Waals surface area contributed by atoms with Crippen LogP contribution in [-0.4, -0.2) is 93.4 Å². The highest BCUT2D eigenvalue weighted by molar-refractivity contribution is 9.09. The number of non-ortho nitro benzene ring substituents is 1. The van der Waals surface area contributed by atoms with Crippen molar-refractivity contribution >= 4 is 47.4 Å². The molecule has 12 nitrogen and oxygen atoms in total. The van der Waals surface area contributed by atoms with E-state index in [0.29, 0.717) is 25.0 Å². The number of rotatable bonds is 12. The summed E-state index contributed by atoms with van der Waals surface area (Å²) in [6.45, 7) is 1.82. The normalized spacial score (nSPS) is 15.2. The highest BCUT2D eigenvalue weighted by Crippen LogP contribution is 2.36. The van der Waals surface area contributed by atoms with Crippen molar-refractivity contribution in [2.45, 2.75) is 11.4 Å². The minimum atomic E-state index is -4.22. The van der Waals surface area contributed by atoms with Gasteiger partial charge in [-0.1, -0.05) is 27.9 Å². The van der Waals surface area contributed by atoms with Crippen LogP contribution >= 0.6 is 15.9 Å². The second-order valence-electron chi connectivity index (χ2n) is 8.49. The van der Waals surface area contributed by atoms with Crippen molar-refractivity contribution in [1.29, 1.82) is 0 Å². The standard InChI is InChI=1S/C23H28BrN5O7S2/c1-3-20-15-21(29(30)31)16-22(23(20)27(8-6-24)13-14-36-37(2,32)33)38(34,35)28-11-9-26(10-12-28)18-19-5-4-7-25-17-19/h1,4-5,7,15-17H,6,8-14,18H2,2H3. The third-order valence-corrected chi connectivity index (χ3v) is 8.69. The first-order valence-corrected chi connectivity index (χ1v) is 15.9. The Morgan fingerprint density at radius 1 is 1.21 bits per heavy atom. The zero-order chi connectivity index (χ0) is 27.9. The SMILES string of the molecule is C#Cc1cc([N+](=O)[O-])cc(S(=O)(=O)N2CCN(Cc3cccnc3)CC2)c1N(CCBr)CCOS(C)(=O)=O. The van der Waals surface area contributed by atoms with Crippen molar-refractivity contribution in [2.24, 2.45) is 0 Å². The summed E-state index contributed by atoms with van der Waals surface area (Å²) in [7, 11) is -7.95.